The molecule has 0 bridgehead atoms. The Labute approximate surface area is 62.7 Å². The van der Waals surface area contributed by atoms with Crippen LogP contribution in [0.4, 0.5) is 0 Å². The maximum absolute atomic E-state index is 9.78. The van der Waals surface area contributed by atoms with Gasteiger partial charge in [-0.05, 0) is 13.3 Å². The van der Waals surface area contributed by atoms with Crippen molar-refractivity contribution in [2.75, 3.05) is 13.2 Å². The molecule has 0 aromatic rings. The van der Waals surface area contributed by atoms with E-state index in [1.807, 2.05) is 0 Å². The lowest BCUT2D eigenvalue weighted by atomic mass is 9.91. The van der Waals surface area contributed by atoms with E-state index in [4.69, 9.17) is 12.2 Å². The zero-order chi connectivity index (χ0) is 9.04. The van der Waals surface area contributed by atoms with Gasteiger partial charge in [0.2, 0.25) is 0 Å². The van der Waals surface area contributed by atoms with E-state index in [2.05, 4.69) is 0 Å². The zero-order valence-electron chi connectivity index (χ0n) is 7.89. The van der Waals surface area contributed by atoms with Crippen LogP contribution < -0.4 is 0 Å². The Kier molecular flexibility index (Phi) is 0.909. The van der Waals surface area contributed by atoms with Crippen molar-refractivity contribution in [2.45, 2.75) is 25.2 Å². The SMILES string of the molecule is [2H][C@]12OCC[C@@]1([2H])[C@@](C)(O)CO2. The molecule has 2 fully saturated rings. The summed E-state index contributed by atoms with van der Waals surface area (Å²) in [6, 6.07) is 0. The van der Waals surface area contributed by atoms with Gasteiger partial charge in [-0.2, -0.15) is 0 Å². The second kappa shape index (κ2) is 1.94. The van der Waals surface area contributed by atoms with E-state index >= 15 is 0 Å². The van der Waals surface area contributed by atoms with Crippen molar-refractivity contribution < 1.29 is 17.3 Å². The van der Waals surface area contributed by atoms with Crippen LogP contribution in [0.25, 0.3) is 0 Å². The normalized spacial score (nSPS) is 71.0. The smallest absolute Gasteiger partial charge is 0.163 e. The molecule has 0 unspecified atom stereocenters. The van der Waals surface area contributed by atoms with E-state index in [-0.39, 0.29) is 6.61 Å². The Hall–Kier alpha value is -0.120. The van der Waals surface area contributed by atoms with Gasteiger partial charge in [0.25, 0.3) is 0 Å². The van der Waals surface area contributed by atoms with Gasteiger partial charge in [0.05, 0.1) is 20.2 Å². The van der Waals surface area contributed by atoms with Gasteiger partial charge < -0.3 is 14.6 Å². The highest BCUT2D eigenvalue weighted by Crippen LogP contribution is 2.37. The van der Waals surface area contributed by atoms with Crippen LogP contribution in [0.5, 0.6) is 0 Å². The fraction of sp³-hybridized carbons (Fsp3) is 1.00. The Balaban J connectivity index is 2.41. The van der Waals surface area contributed by atoms with Gasteiger partial charge in [0.15, 0.2) is 6.27 Å². The lowest BCUT2D eigenvalue weighted by Crippen LogP contribution is -2.33. The van der Waals surface area contributed by atoms with Crippen molar-refractivity contribution in [3.8, 4) is 0 Å². The number of aliphatic hydroxyl groups is 1. The number of fused-ring (bicyclic) bond motifs is 1. The van der Waals surface area contributed by atoms with Gasteiger partial charge in [0.1, 0.15) is 0 Å². The second-order valence-electron chi connectivity index (χ2n) is 2.93. The molecular weight excluding hydrogens is 132 g/mol. The standard InChI is InChI=1S/C7H12O3/c1-7(8)4-10-6-5(7)2-3-9-6/h5-6,8H,2-4H2,1H3/t5-,6-,7+/m1/s1/i5D,6D. The minimum absolute atomic E-state index is 0. The maximum Gasteiger partial charge on any atom is 0.163 e. The average Bonchev–Trinajstić information content (AvgIpc) is 2.34. The molecule has 2 heterocycles. The first kappa shape index (κ1) is 4.70. The molecular formula is C7H12O3. The molecule has 10 heavy (non-hydrogen) atoms. The van der Waals surface area contributed by atoms with E-state index in [0.717, 1.165) is 0 Å². The van der Waals surface area contributed by atoms with Crippen LogP contribution in [0.15, 0.2) is 0 Å². The summed E-state index contributed by atoms with van der Waals surface area (Å²) in [4.78, 5) is 0. The summed E-state index contributed by atoms with van der Waals surface area (Å²) in [5, 5.41) is 9.78. The molecule has 58 valence electrons. The number of ether oxygens (including phenoxy) is 2. The molecule has 3 heteroatoms. The zero-order valence-corrected chi connectivity index (χ0v) is 5.89. The molecule has 2 rings (SSSR count). The highest BCUT2D eigenvalue weighted by Gasteiger charge is 2.48. The topological polar surface area (TPSA) is 38.7 Å². The third-order valence-electron chi connectivity index (χ3n) is 1.97. The van der Waals surface area contributed by atoms with Gasteiger partial charge in [0, 0.05) is 7.26 Å². The predicted molar refractivity (Wildman–Crippen MR) is 34.4 cm³/mol. The Morgan fingerprint density at radius 2 is 2.50 bits per heavy atom. The number of hydrogen-bond donors (Lipinski definition) is 1. The van der Waals surface area contributed by atoms with Crippen molar-refractivity contribution in [3.05, 3.63) is 0 Å². The summed E-state index contributed by atoms with van der Waals surface area (Å²) in [7, 11) is 0. The quantitative estimate of drug-likeness (QED) is 0.528. The Bertz CT molecular complexity index is 221. The van der Waals surface area contributed by atoms with Gasteiger partial charge in [-0.25, -0.2) is 0 Å². The fourth-order valence-corrected chi connectivity index (χ4v) is 1.35. The molecule has 0 aromatic carbocycles. The monoisotopic (exact) mass is 146 g/mol. The third kappa shape index (κ3) is 0.779. The molecule has 1 N–H and O–H groups in total. The van der Waals surface area contributed by atoms with Crippen molar-refractivity contribution in [2.24, 2.45) is 5.89 Å². The Morgan fingerprint density at radius 3 is 3.20 bits per heavy atom. The van der Waals surface area contributed by atoms with Crippen LogP contribution in [0.3, 0.4) is 0 Å². The molecule has 2 aliphatic rings. The summed E-state index contributed by atoms with van der Waals surface area (Å²) >= 11 is 0. The Morgan fingerprint density at radius 1 is 1.70 bits per heavy atom. The van der Waals surface area contributed by atoms with Crippen molar-refractivity contribution in [1.29, 1.82) is 0 Å². The number of hydrogen-bond acceptors (Lipinski definition) is 3. The minimum Gasteiger partial charge on any atom is -0.387 e. The maximum atomic E-state index is 9.78. The van der Waals surface area contributed by atoms with Crippen molar-refractivity contribution in [1.82, 2.24) is 0 Å². The molecule has 0 spiro atoms. The summed E-state index contributed by atoms with van der Waals surface area (Å²) < 4.78 is 25.6. The van der Waals surface area contributed by atoms with Gasteiger partial charge >= 0.3 is 0 Å². The summed E-state index contributed by atoms with van der Waals surface area (Å²) in [6.07, 6.45) is -1.31. The van der Waals surface area contributed by atoms with Crippen molar-refractivity contribution in [3.63, 3.8) is 0 Å². The van der Waals surface area contributed by atoms with Crippen LogP contribution >= 0.6 is 0 Å². The molecule has 0 amide bonds. The van der Waals surface area contributed by atoms with Crippen LogP contribution in [0.1, 0.15) is 16.1 Å². The molecule has 3 atom stereocenters. The molecule has 0 radical (unpaired) electrons. The number of rotatable bonds is 0. The van der Waals surface area contributed by atoms with E-state index in [1.54, 1.807) is 0 Å². The van der Waals surface area contributed by atoms with Crippen molar-refractivity contribution >= 4 is 0 Å². The predicted octanol–water partition coefficient (Wildman–Crippen LogP) is 0.130. The highest BCUT2D eigenvalue weighted by atomic mass is 16.7. The van der Waals surface area contributed by atoms with Crippen LogP contribution in [0.2, 0.25) is 0 Å². The molecule has 0 saturated carbocycles. The first-order valence-electron chi connectivity index (χ1n) is 4.42. The lowest BCUT2D eigenvalue weighted by molar-refractivity contribution is -0.0911. The van der Waals surface area contributed by atoms with E-state index < -0.39 is 17.8 Å². The summed E-state index contributed by atoms with van der Waals surface area (Å²) in [6.45, 7) is 1.83. The second-order valence-corrected chi connectivity index (χ2v) is 2.93. The average molecular weight is 146 g/mol. The van der Waals surface area contributed by atoms with Gasteiger partial charge in [-0.15, -0.1) is 0 Å². The molecule has 0 aliphatic carbocycles. The van der Waals surface area contributed by atoms with Gasteiger partial charge in [-0.1, -0.05) is 0 Å². The van der Waals surface area contributed by atoms with Crippen LogP contribution in [-0.2, 0) is 9.47 Å². The fourth-order valence-electron chi connectivity index (χ4n) is 1.35. The van der Waals surface area contributed by atoms with Crippen LogP contribution in [0, 0.1) is 5.89 Å². The lowest BCUT2D eigenvalue weighted by Gasteiger charge is -2.19. The van der Waals surface area contributed by atoms with Gasteiger partial charge in [-0.3, -0.25) is 0 Å². The van der Waals surface area contributed by atoms with E-state index in [1.165, 1.54) is 6.92 Å². The molecule has 0 aromatic heterocycles. The van der Waals surface area contributed by atoms with E-state index in [0.29, 0.717) is 13.0 Å². The summed E-state index contributed by atoms with van der Waals surface area (Å²) in [5.74, 6) is -1.33. The van der Waals surface area contributed by atoms with E-state index in [9.17, 15) is 5.11 Å². The van der Waals surface area contributed by atoms with Crippen LogP contribution in [-0.4, -0.2) is 30.2 Å². The third-order valence-corrected chi connectivity index (χ3v) is 1.97. The highest BCUT2D eigenvalue weighted by molar-refractivity contribution is 4.92. The largest absolute Gasteiger partial charge is 0.387 e. The molecule has 3 nitrogen and oxygen atoms in total. The summed E-state index contributed by atoms with van der Waals surface area (Å²) in [5.41, 5.74) is -1.27. The minimum atomic E-state index is -1.66. The molecule has 2 saturated heterocycles. The molecule has 2 aliphatic heterocycles. The first-order valence-corrected chi connectivity index (χ1v) is 3.42. The first-order chi connectivity index (χ1) is 5.41.